The van der Waals surface area contributed by atoms with Crippen molar-refractivity contribution < 1.29 is 4.79 Å². The molecule has 0 spiro atoms. The van der Waals surface area contributed by atoms with Crippen LogP contribution in [0.5, 0.6) is 0 Å². The van der Waals surface area contributed by atoms with E-state index in [9.17, 15) is 4.79 Å². The Morgan fingerprint density at radius 2 is 2.27 bits per heavy atom. The van der Waals surface area contributed by atoms with Gasteiger partial charge in [0.15, 0.2) is 0 Å². The highest BCUT2D eigenvalue weighted by atomic mass is 35.5. The standard InChI is InChI=1S/C7H11ClN2O/c8-6-7(11)10-5-3-1-2-4-9/h1-3,5H,4,6,9H2,(H,10,11)/b2-1-,5-3?. The number of hydrogen-bond donors (Lipinski definition) is 2. The van der Waals surface area contributed by atoms with Gasteiger partial charge < -0.3 is 11.1 Å². The molecule has 4 heteroatoms. The third kappa shape index (κ3) is 7.09. The van der Waals surface area contributed by atoms with E-state index in [1.165, 1.54) is 6.20 Å². The van der Waals surface area contributed by atoms with E-state index in [-0.39, 0.29) is 11.8 Å². The number of rotatable bonds is 4. The zero-order valence-corrected chi connectivity index (χ0v) is 6.84. The second kappa shape index (κ2) is 7.31. The van der Waals surface area contributed by atoms with Crippen LogP contribution in [0.2, 0.25) is 0 Å². The summed E-state index contributed by atoms with van der Waals surface area (Å²) in [5.74, 6) is -0.241. The maximum Gasteiger partial charge on any atom is 0.238 e. The molecule has 0 rings (SSSR count). The molecule has 0 saturated carbocycles. The molecule has 0 aliphatic rings. The lowest BCUT2D eigenvalue weighted by Crippen LogP contribution is -2.17. The molecule has 0 heterocycles. The SMILES string of the molecule is NC/C=C\C=CNC(=O)CCl. The van der Waals surface area contributed by atoms with Crippen molar-refractivity contribution in [2.45, 2.75) is 0 Å². The topological polar surface area (TPSA) is 55.1 Å². The van der Waals surface area contributed by atoms with Crippen LogP contribution in [0.3, 0.4) is 0 Å². The van der Waals surface area contributed by atoms with E-state index in [2.05, 4.69) is 5.32 Å². The molecular weight excluding hydrogens is 164 g/mol. The number of carbonyl (C=O) groups excluding carboxylic acids is 1. The van der Waals surface area contributed by atoms with Crippen LogP contribution in [0, 0.1) is 0 Å². The van der Waals surface area contributed by atoms with Gasteiger partial charge in [-0.05, 0) is 6.08 Å². The first kappa shape index (κ1) is 10.2. The number of alkyl halides is 1. The lowest BCUT2D eigenvalue weighted by Gasteiger charge is -1.90. The summed E-state index contributed by atoms with van der Waals surface area (Å²) in [5, 5.41) is 2.45. The Balaban J connectivity index is 3.44. The van der Waals surface area contributed by atoms with Crippen molar-refractivity contribution in [2.75, 3.05) is 12.4 Å². The van der Waals surface area contributed by atoms with Crippen LogP contribution >= 0.6 is 11.6 Å². The molecule has 0 aromatic carbocycles. The van der Waals surface area contributed by atoms with Crippen LogP contribution in [0.15, 0.2) is 24.4 Å². The molecule has 0 aromatic rings. The molecule has 0 aliphatic carbocycles. The summed E-state index contributed by atoms with van der Waals surface area (Å²) in [5.41, 5.74) is 5.17. The van der Waals surface area contributed by atoms with Crippen molar-refractivity contribution in [1.29, 1.82) is 0 Å². The van der Waals surface area contributed by atoms with Crippen molar-refractivity contribution in [3.05, 3.63) is 24.4 Å². The van der Waals surface area contributed by atoms with Crippen LogP contribution in [-0.2, 0) is 4.79 Å². The molecule has 0 radical (unpaired) electrons. The molecule has 0 saturated heterocycles. The normalized spacial score (nSPS) is 11.1. The van der Waals surface area contributed by atoms with Gasteiger partial charge in [-0.2, -0.15) is 0 Å². The third-order valence-corrected chi connectivity index (χ3v) is 1.09. The van der Waals surface area contributed by atoms with Gasteiger partial charge in [0.05, 0.1) is 0 Å². The number of hydrogen-bond acceptors (Lipinski definition) is 2. The smallest absolute Gasteiger partial charge is 0.238 e. The highest BCUT2D eigenvalue weighted by molar-refractivity contribution is 6.27. The van der Waals surface area contributed by atoms with Gasteiger partial charge >= 0.3 is 0 Å². The lowest BCUT2D eigenvalue weighted by atomic mass is 10.5. The second-order valence-corrected chi connectivity index (χ2v) is 1.99. The Bertz CT molecular complexity index is 166. The Morgan fingerprint density at radius 1 is 1.55 bits per heavy atom. The summed E-state index contributed by atoms with van der Waals surface area (Å²) in [4.78, 5) is 10.5. The average Bonchev–Trinajstić information content (AvgIpc) is 2.04. The van der Waals surface area contributed by atoms with Gasteiger partial charge in [0.1, 0.15) is 5.88 Å². The summed E-state index contributed by atoms with van der Waals surface area (Å²) in [6.45, 7) is 0.494. The molecule has 11 heavy (non-hydrogen) atoms. The van der Waals surface area contributed by atoms with Crippen molar-refractivity contribution in [3.8, 4) is 0 Å². The number of allylic oxidation sites excluding steroid dienone is 2. The predicted octanol–water partition coefficient (Wildman–Crippen LogP) is 0.370. The quantitative estimate of drug-likeness (QED) is 0.478. The molecular formula is C7H11ClN2O. The minimum absolute atomic E-state index is 0.0229. The highest BCUT2D eigenvalue weighted by Gasteiger charge is 1.89. The third-order valence-electron chi connectivity index (χ3n) is 0.845. The Kier molecular flexibility index (Phi) is 6.78. The molecule has 3 N–H and O–H groups in total. The lowest BCUT2D eigenvalue weighted by molar-refractivity contribution is -0.117. The molecule has 0 aliphatic heterocycles. The summed E-state index contributed by atoms with van der Waals surface area (Å²) in [7, 11) is 0. The Labute approximate surface area is 70.9 Å². The van der Waals surface area contributed by atoms with Crippen LogP contribution in [0.25, 0.3) is 0 Å². The number of halogens is 1. The van der Waals surface area contributed by atoms with Crippen molar-refractivity contribution >= 4 is 17.5 Å². The summed E-state index contributed by atoms with van der Waals surface area (Å²) in [6.07, 6.45) is 6.70. The first-order valence-corrected chi connectivity index (χ1v) is 3.71. The Hall–Kier alpha value is -0.800. The summed E-state index contributed by atoms with van der Waals surface area (Å²) < 4.78 is 0. The van der Waals surface area contributed by atoms with E-state index >= 15 is 0 Å². The first-order chi connectivity index (χ1) is 5.31. The molecule has 0 fully saturated rings. The van der Waals surface area contributed by atoms with Gasteiger partial charge in [0.2, 0.25) is 5.91 Å². The van der Waals surface area contributed by atoms with E-state index in [0.717, 1.165) is 0 Å². The average molecular weight is 175 g/mol. The fourth-order valence-corrected chi connectivity index (χ4v) is 0.469. The van der Waals surface area contributed by atoms with Gasteiger partial charge in [-0.1, -0.05) is 12.2 Å². The highest BCUT2D eigenvalue weighted by Crippen LogP contribution is 1.76. The molecule has 0 unspecified atom stereocenters. The molecule has 0 aromatic heterocycles. The van der Waals surface area contributed by atoms with Gasteiger partial charge in [-0.25, -0.2) is 0 Å². The minimum Gasteiger partial charge on any atom is -0.332 e. The van der Waals surface area contributed by atoms with Crippen molar-refractivity contribution in [2.24, 2.45) is 5.73 Å². The second-order valence-electron chi connectivity index (χ2n) is 1.72. The molecule has 3 nitrogen and oxygen atoms in total. The molecule has 1 amide bonds. The van der Waals surface area contributed by atoms with Gasteiger partial charge in [0, 0.05) is 12.7 Å². The first-order valence-electron chi connectivity index (χ1n) is 3.18. The van der Waals surface area contributed by atoms with Crippen molar-refractivity contribution in [3.63, 3.8) is 0 Å². The zero-order chi connectivity index (χ0) is 8.53. The number of nitrogens with two attached hydrogens (primary N) is 1. The fraction of sp³-hybridized carbons (Fsp3) is 0.286. The van der Waals surface area contributed by atoms with E-state index in [1.807, 2.05) is 0 Å². The van der Waals surface area contributed by atoms with Gasteiger partial charge in [-0.15, -0.1) is 11.6 Å². The Morgan fingerprint density at radius 3 is 2.82 bits per heavy atom. The van der Waals surface area contributed by atoms with E-state index < -0.39 is 0 Å². The number of amides is 1. The predicted molar refractivity (Wildman–Crippen MR) is 46.2 cm³/mol. The summed E-state index contributed by atoms with van der Waals surface area (Å²) in [6, 6.07) is 0. The summed E-state index contributed by atoms with van der Waals surface area (Å²) >= 11 is 5.21. The van der Waals surface area contributed by atoms with E-state index in [4.69, 9.17) is 17.3 Å². The van der Waals surface area contributed by atoms with Crippen molar-refractivity contribution in [1.82, 2.24) is 5.32 Å². The molecule has 62 valence electrons. The van der Waals surface area contributed by atoms with Gasteiger partial charge in [-0.3, -0.25) is 4.79 Å². The van der Waals surface area contributed by atoms with Crippen LogP contribution in [-0.4, -0.2) is 18.3 Å². The maximum absolute atomic E-state index is 10.5. The van der Waals surface area contributed by atoms with E-state index in [1.54, 1.807) is 18.2 Å². The van der Waals surface area contributed by atoms with Crippen LogP contribution in [0.4, 0.5) is 0 Å². The van der Waals surface area contributed by atoms with Crippen LogP contribution in [0.1, 0.15) is 0 Å². The largest absolute Gasteiger partial charge is 0.332 e. The van der Waals surface area contributed by atoms with E-state index in [0.29, 0.717) is 6.54 Å². The zero-order valence-electron chi connectivity index (χ0n) is 6.09. The minimum atomic E-state index is -0.218. The molecule has 0 atom stereocenters. The maximum atomic E-state index is 10.5. The monoisotopic (exact) mass is 174 g/mol. The fourth-order valence-electron chi connectivity index (χ4n) is 0.392. The number of nitrogens with one attached hydrogen (secondary N) is 1. The van der Waals surface area contributed by atoms with Gasteiger partial charge in [0.25, 0.3) is 0 Å². The van der Waals surface area contributed by atoms with Crippen LogP contribution < -0.4 is 11.1 Å². The molecule has 0 bridgehead atoms. The number of carbonyl (C=O) groups is 1.